The zero-order chi connectivity index (χ0) is 15.4. The normalized spacial score (nSPS) is 19.2. The molecule has 0 aliphatic carbocycles. The minimum Gasteiger partial charge on any atom is -0.397 e. The van der Waals surface area contributed by atoms with Gasteiger partial charge < -0.3 is 16.8 Å². The second-order valence-electron chi connectivity index (χ2n) is 5.26. The molecule has 0 radical (unpaired) electrons. The molecule has 114 valence electrons. The molecule has 1 aliphatic rings. The lowest BCUT2D eigenvalue weighted by Crippen LogP contribution is -2.44. The highest BCUT2D eigenvalue weighted by atomic mass is 35.5. The van der Waals surface area contributed by atoms with E-state index in [1.165, 1.54) is 0 Å². The number of amides is 2. The van der Waals surface area contributed by atoms with E-state index in [0.29, 0.717) is 22.9 Å². The number of hydrogen-bond donors (Lipinski definition) is 3. The molecule has 1 aromatic rings. The largest absolute Gasteiger partial charge is 0.397 e. The highest BCUT2D eigenvalue weighted by molar-refractivity contribution is 6.31. The standard InChI is InChI=1S/C14H19ClN4O2/c15-10-3-4-12(11(16)6-10)18-13(20)8-19-5-1-2-9(7-19)14(17)21/h3-4,6,9H,1-2,5,7-8,16H2,(H2,17,21)(H,18,20). The number of carbonyl (C=O) groups excluding carboxylic acids is 2. The molecule has 6 nitrogen and oxygen atoms in total. The molecule has 0 aromatic heterocycles. The van der Waals surface area contributed by atoms with E-state index in [0.717, 1.165) is 19.4 Å². The van der Waals surface area contributed by atoms with Crippen molar-refractivity contribution in [2.45, 2.75) is 12.8 Å². The Morgan fingerprint density at radius 3 is 2.86 bits per heavy atom. The maximum atomic E-state index is 12.0. The number of nitrogens with zero attached hydrogens (tertiary/aromatic N) is 1. The van der Waals surface area contributed by atoms with Gasteiger partial charge in [-0.1, -0.05) is 11.6 Å². The van der Waals surface area contributed by atoms with Gasteiger partial charge in [0.25, 0.3) is 0 Å². The first-order chi connectivity index (χ1) is 9.95. The van der Waals surface area contributed by atoms with Gasteiger partial charge >= 0.3 is 0 Å². The predicted octanol–water partition coefficient (Wildman–Crippen LogP) is 1.06. The molecule has 21 heavy (non-hydrogen) atoms. The van der Waals surface area contributed by atoms with Crippen molar-refractivity contribution in [2.75, 3.05) is 30.7 Å². The van der Waals surface area contributed by atoms with E-state index in [1.54, 1.807) is 18.2 Å². The van der Waals surface area contributed by atoms with Gasteiger partial charge in [-0.2, -0.15) is 0 Å². The summed E-state index contributed by atoms with van der Waals surface area (Å²) in [6, 6.07) is 4.91. The number of rotatable bonds is 4. The van der Waals surface area contributed by atoms with E-state index >= 15 is 0 Å². The van der Waals surface area contributed by atoms with E-state index in [4.69, 9.17) is 23.1 Å². The Kier molecular flexibility index (Phi) is 5.03. The van der Waals surface area contributed by atoms with Crippen LogP contribution in [0.2, 0.25) is 5.02 Å². The summed E-state index contributed by atoms with van der Waals surface area (Å²) in [5.41, 5.74) is 12.1. The number of nitrogens with one attached hydrogen (secondary N) is 1. The first-order valence-corrected chi connectivity index (χ1v) is 7.20. The Labute approximate surface area is 128 Å². The van der Waals surface area contributed by atoms with Gasteiger partial charge in [0.2, 0.25) is 11.8 Å². The number of hydrogen-bond acceptors (Lipinski definition) is 4. The van der Waals surface area contributed by atoms with Crippen molar-refractivity contribution in [1.82, 2.24) is 4.90 Å². The Morgan fingerprint density at radius 1 is 1.43 bits per heavy atom. The highest BCUT2D eigenvalue weighted by Crippen LogP contribution is 2.22. The van der Waals surface area contributed by atoms with Gasteiger partial charge in [0.05, 0.1) is 23.8 Å². The Balaban J connectivity index is 1.91. The van der Waals surface area contributed by atoms with E-state index in [1.807, 2.05) is 4.90 Å². The Hall–Kier alpha value is -1.79. The van der Waals surface area contributed by atoms with Crippen molar-refractivity contribution in [1.29, 1.82) is 0 Å². The summed E-state index contributed by atoms with van der Waals surface area (Å²) in [6.07, 6.45) is 1.65. The summed E-state index contributed by atoms with van der Waals surface area (Å²) >= 11 is 5.81. The fourth-order valence-corrected chi connectivity index (χ4v) is 2.65. The van der Waals surface area contributed by atoms with Crippen LogP contribution in [0.4, 0.5) is 11.4 Å². The van der Waals surface area contributed by atoms with Crippen LogP contribution in [-0.2, 0) is 9.59 Å². The van der Waals surface area contributed by atoms with Crippen LogP contribution in [0.3, 0.4) is 0 Å². The van der Waals surface area contributed by atoms with Crippen molar-refractivity contribution < 1.29 is 9.59 Å². The van der Waals surface area contributed by atoms with Crippen LogP contribution in [-0.4, -0.2) is 36.3 Å². The van der Waals surface area contributed by atoms with E-state index in [2.05, 4.69) is 5.32 Å². The van der Waals surface area contributed by atoms with Crippen molar-refractivity contribution in [3.05, 3.63) is 23.2 Å². The van der Waals surface area contributed by atoms with E-state index in [-0.39, 0.29) is 24.3 Å². The van der Waals surface area contributed by atoms with Crippen LogP contribution < -0.4 is 16.8 Å². The summed E-state index contributed by atoms with van der Waals surface area (Å²) < 4.78 is 0. The molecule has 0 bridgehead atoms. The minimum absolute atomic E-state index is 0.172. The van der Waals surface area contributed by atoms with Gasteiger partial charge in [0, 0.05) is 11.6 Å². The average Bonchev–Trinajstić information content (AvgIpc) is 2.42. The Bertz CT molecular complexity index is 550. The van der Waals surface area contributed by atoms with Gasteiger partial charge in [-0.25, -0.2) is 0 Å². The van der Waals surface area contributed by atoms with Gasteiger partial charge in [0.1, 0.15) is 0 Å². The zero-order valence-corrected chi connectivity index (χ0v) is 12.4. The second kappa shape index (κ2) is 6.78. The first-order valence-electron chi connectivity index (χ1n) is 6.82. The van der Waals surface area contributed by atoms with Gasteiger partial charge in [0.15, 0.2) is 0 Å². The summed E-state index contributed by atoms with van der Waals surface area (Å²) in [7, 11) is 0. The van der Waals surface area contributed by atoms with Crippen molar-refractivity contribution in [2.24, 2.45) is 11.7 Å². The summed E-state index contributed by atoms with van der Waals surface area (Å²) in [4.78, 5) is 25.2. The average molecular weight is 311 g/mol. The number of likely N-dealkylation sites (tertiary alicyclic amines) is 1. The molecule has 1 aliphatic heterocycles. The van der Waals surface area contributed by atoms with E-state index < -0.39 is 0 Å². The van der Waals surface area contributed by atoms with Crippen LogP contribution in [0.15, 0.2) is 18.2 Å². The van der Waals surface area contributed by atoms with Crippen molar-refractivity contribution >= 4 is 34.8 Å². The van der Waals surface area contributed by atoms with Crippen molar-refractivity contribution in [3.63, 3.8) is 0 Å². The van der Waals surface area contributed by atoms with Crippen molar-refractivity contribution in [3.8, 4) is 0 Å². The quantitative estimate of drug-likeness (QED) is 0.724. The second-order valence-corrected chi connectivity index (χ2v) is 5.69. The summed E-state index contributed by atoms with van der Waals surface area (Å²) in [5, 5.41) is 3.27. The molecule has 7 heteroatoms. The lowest BCUT2D eigenvalue weighted by Gasteiger charge is -2.30. The number of halogens is 1. The van der Waals surface area contributed by atoms with Crippen LogP contribution in [0, 0.1) is 5.92 Å². The number of benzene rings is 1. The Morgan fingerprint density at radius 2 is 2.19 bits per heavy atom. The minimum atomic E-state index is -0.304. The number of primary amides is 1. The molecule has 2 amide bonds. The maximum Gasteiger partial charge on any atom is 0.238 e. The van der Waals surface area contributed by atoms with Crippen LogP contribution in [0.1, 0.15) is 12.8 Å². The van der Waals surface area contributed by atoms with Gasteiger partial charge in [-0.3, -0.25) is 14.5 Å². The van der Waals surface area contributed by atoms with Crippen LogP contribution >= 0.6 is 11.6 Å². The first kappa shape index (κ1) is 15.6. The molecule has 0 saturated carbocycles. The summed E-state index contributed by atoms with van der Waals surface area (Å²) in [6.45, 7) is 1.53. The van der Waals surface area contributed by atoms with Gasteiger partial charge in [-0.05, 0) is 37.6 Å². The third-order valence-corrected chi connectivity index (χ3v) is 3.80. The molecule has 5 N–H and O–H groups in total. The van der Waals surface area contributed by atoms with Crippen LogP contribution in [0.5, 0.6) is 0 Å². The molecule has 1 heterocycles. The predicted molar refractivity (Wildman–Crippen MR) is 82.9 cm³/mol. The molecule has 1 saturated heterocycles. The smallest absolute Gasteiger partial charge is 0.238 e. The van der Waals surface area contributed by atoms with Gasteiger partial charge in [-0.15, -0.1) is 0 Å². The monoisotopic (exact) mass is 310 g/mol. The maximum absolute atomic E-state index is 12.0. The summed E-state index contributed by atoms with van der Waals surface area (Å²) in [5.74, 6) is -0.650. The lowest BCUT2D eigenvalue weighted by molar-refractivity contribution is -0.125. The zero-order valence-electron chi connectivity index (χ0n) is 11.6. The highest BCUT2D eigenvalue weighted by Gasteiger charge is 2.25. The molecule has 1 atom stereocenters. The third kappa shape index (κ3) is 4.34. The number of anilines is 2. The SMILES string of the molecule is NC(=O)C1CCCN(CC(=O)Nc2ccc(Cl)cc2N)C1. The number of piperidine rings is 1. The molecule has 1 aromatic carbocycles. The fourth-order valence-electron chi connectivity index (χ4n) is 2.47. The number of nitrogens with two attached hydrogens (primary N) is 2. The topological polar surface area (TPSA) is 101 Å². The van der Waals surface area contributed by atoms with E-state index in [9.17, 15) is 9.59 Å². The lowest BCUT2D eigenvalue weighted by atomic mass is 9.97. The molecule has 0 spiro atoms. The molecular formula is C14H19ClN4O2. The fraction of sp³-hybridized carbons (Fsp3) is 0.429. The third-order valence-electron chi connectivity index (χ3n) is 3.56. The number of nitrogen functional groups attached to an aromatic ring is 1. The number of carbonyl (C=O) groups is 2. The molecule has 1 fully saturated rings. The molecule has 2 rings (SSSR count). The molecular weight excluding hydrogens is 292 g/mol. The molecule has 1 unspecified atom stereocenters. The van der Waals surface area contributed by atoms with Crippen LogP contribution in [0.25, 0.3) is 0 Å².